The van der Waals surface area contributed by atoms with Crippen molar-refractivity contribution in [3.63, 3.8) is 0 Å². The topological polar surface area (TPSA) is 116 Å². The van der Waals surface area contributed by atoms with E-state index >= 15 is 0 Å². The smallest absolute Gasteiger partial charge is 0.229 e. The van der Waals surface area contributed by atoms with Crippen LogP contribution in [-0.4, -0.2) is 104 Å². The molecule has 2 amide bonds. The molecule has 0 N–H and O–H groups in total. The number of sulfonamides is 1. The van der Waals surface area contributed by atoms with Crippen LogP contribution in [0.5, 0.6) is 0 Å². The van der Waals surface area contributed by atoms with Crippen molar-refractivity contribution in [1.29, 1.82) is 0 Å². The number of piperazine rings is 1. The van der Waals surface area contributed by atoms with Gasteiger partial charge in [0.25, 0.3) is 0 Å². The second-order valence-electron chi connectivity index (χ2n) is 7.84. The second-order valence-corrected chi connectivity index (χ2v) is 9.93. The number of hydrogen-bond donors (Lipinski definition) is 0. The fraction of sp³-hybridized carbons (Fsp3) is 0.684. The summed E-state index contributed by atoms with van der Waals surface area (Å²) in [6, 6.07) is 3.85. The third kappa shape index (κ3) is 5.13. The number of hydrogen-bond acceptors (Lipinski definition) is 9. The molecule has 0 aromatic carbocycles. The van der Waals surface area contributed by atoms with Crippen LogP contribution in [0.4, 0.5) is 11.6 Å². The first-order chi connectivity index (χ1) is 14.9. The molecule has 31 heavy (non-hydrogen) atoms. The molecule has 3 aliphatic heterocycles. The maximum Gasteiger partial charge on any atom is 0.229 e. The second kappa shape index (κ2) is 9.45. The lowest BCUT2D eigenvalue weighted by Crippen LogP contribution is -2.51. The molecule has 0 bridgehead atoms. The van der Waals surface area contributed by atoms with E-state index in [4.69, 9.17) is 4.74 Å². The molecule has 3 fully saturated rings. The van der Waals surface area contributed by atoms with E-state index in [1.54, 1.807) is 0 Å². The molecule has 4 heterocycles. The minimum absolute atomic E-state index is 0.0747. The van der Waals surface area contributed by atoms with Crippen LogP contribution in [-0.2, 0) is 24.3 Å². The molecule has 3 aliphatic rings. The molecule has 0 radical (unpaired) electrons. The van der Waals surface area contributed by atoms with Crippen LogP contribution in [0.1, 0.15) is 19.3 Å². The van der Waals surface area contributed by atoms with E-state index in [-0.39, 0.29) is 24.1 Å². The van der Waals surface area contributed by atoms with E-state index in [9.17, 15) is 18.0 Å². The Balaban J connectivity index is 1.29. The fourth-order valence-corrected chi connectivity index (χ4v) is 5.42. The van der Waals surface area contributed by atoms with Crippen LogP contribution < -0.4 is 9.80 Å². The summed E-state index contributed by atoms with van der Waals surface area (Å²) in [5.74, 6) is 0.734. The highest BCUT2D eigenvalue weighted by Gasteiger charge is 2.31. The van der Waals surface area contributed by atoms with Crippen LogP contribution in [0.15, 0.2) is 12.1 Å². The Hall–Kier alpha value is -2.31. The van der Waals surface area contributed by atoms with Crippen molar-refractivity contribution in [2.45, 2.75) is 19.3 Å². The lowest BCUT2D eigenvalue weighted by Gasteiger charge is -2.35. The quantitative estimate of drug-likeness (QED) is 0.517. The number of imide groups is 1. The largest absolute Gasteiger partial charge is 0.378 e. The van der Waals surface area contributed by atoms with Crippen LogP contribution in [0.3, 0.4) is 0 Å². The van der Waals surface area contributed by atoms with Gasteiger partial charge in [0, 0.05) is 58.7 Å². The van der Waals surface area contributed by atoms with Gasteiger partial charge in [-0.3, -0.25) is 14.5 Å². The summed E-state index contributed by atoms with van der Waals surface area (Å²) >= 11 is 0. The first-order valence-corrected chi connectivity index (χ1v) is 12.3. The number of aromatic nitrogens is 2. The summed E-state index contributed by atoms with van der Waals surface area (Å²) < 4.78 is 32.2. The average molecular weight is 453 g/mol. The highest BCUT2D eigenvalue weighted by atomic mass is 32.2. The number of nitrogens with zero attached hydrogens (tertiary/aromatic N) is 6. The molecule has 170 valence electrons. The summed E-state index contributed by atoms with van der Waals surface area (Å²) in [6.07, 6.45) is 1.14. The van der Waals surface area contributed by atoms with Crippen molar-refractivity contribution in [2.75, 3.05) is 74.6 Å². The molecule has 3 saturated heterocycles. The predicted octanol–water partition coefficient (Wildman–Crippen LogP) is -0.696. The maximum absolute atomic E-state index is 12.7. The Morgan fingerprint density at radius 1 is 0.839 bits per heavy atom. The lowest BCUT2D eigenvalue weighted by atomic mass is 10.1. The molecule has 0 spiro atoms. The zero-order valence-electron chi connectivity index (χ0n) is 17.5. The molecule has 1 aromatic heterocycles. The van der Waals surface area contributed by atoms with Gasteiger partial charge in [-0.15, -0.1) is 10.2 Å². The van der Waals surface area contributed by atoms with Crippen molar-refractivity contribution in [3.8, 4) is 0 Å². The molecule has 0 atom stereocenters. The summed E-state index contributed by atoms with van der Waals surface area (Å²) in [4.78, 5) is 29.0. The van der Waals surface area contributed by atoms with Crippen molar-refractivity contribution in [2.24, 2.45) is 0 Å². The Bertz CT molecular complexity index is 879. The first kappa shape index (κ1) is 21.9. The molecule has 0 unspecified atom stereocenters. The lowest BCUT2D eigenvalue weighted by molar-refractivity contribution is -0.147. The predicted molar refractivity (Wildman–Crippen MR) is 113 cm³/mol. The molecule has 4 rings (SSSR count). The Morgan fingerprint density at radius 2 is 1.39 bits per heavy atom. The summed E-state index contributed by atoms with van der Waals surface area (Å²) in [5.41, 5.74) is 0. The van der Waals surface area contributed by atoms with Crippen molar-refractivity contribution in [3.05, 3.63) is 12.1 Å². The number of morpholine rings is 1. The van der Waals surface area contributed by atoms with E-state index in [0.29, 0.717) is 58.7 Å². The number of ether oxygens (including phenoxy) is 1. The normalized spacial score (nSPS) is 21.6. The number of carbonyl (C=O) groups is 2. The maximum atomic E-state index is 12.7. The summed E-state index contributed by atoms with van der Waals surface area (Å²) in [6.45, 7) is 4.54. The number of piperidine rings is 1. The van der Waals surface area contributed by atoms with E-state index in [2.05, 4.69) is 15.1 Å². The molecule has 1 aromatic rings. The van der Waals surface area contributed by atoms with Gasteiger partial charge in [-0.05, 0) is 18.6 Å². The first-order valence-electron chi connectivity index (χ1n) is 10.7. The summed E-state index contributed by atoms with van der Waals surface area (Å²) in [7, 11) is -3.55. The molecule has 11 nitrogen and oxygen atoms in total. The third-order valence-electron chi connectivity index (χ3n) is 5.88. The number of amides is 2. The Labute approximate surface area is 182 Å². The van der Waals surface area contributed by atoms with Crippen molar-refractivity contribution in [1.82, 2.24) is 19.4 Å². The zero-order chi connectivity index (χ0) is 21.8. The van der Waals surface area contributed by atoms with Gasteiger partial charge >= 0.3 is 0 Å². The molecular weight excluding hydrogens is 424 g/mol. The average Bonchev–Trinajstić information content (AvgIpc) is 2.79. The van der Waals surface area contributed by atoms with Crippen molar-refractivity contribution < 1.29 is 22.7 Å². The van der Waals surface area contributed by atoms with Crippen LogP contribution >= 0.6 is 0 Å². The van der Waals surface area contributed by atoms with E-state index < -0.39 is 10.0 Å². The minimum atomic E-state index is -3.55. The van der Waals surface area contributed by atoms with E-state index in [1.165, 1.54) is 4.31 Å². The number of carbonyl (C=O) groups excluding carboxylic acids is 2. The highest BCUT2D eigenvalue weighted by molar-refractivity contribution is 7.89. The molecule has 0 aliphatic carbocycles. The number of likely N-dealkylation sites (tertiary alicyclic amines) is 1. The van der Waals surface area contributed by atoms with Gasteiger partial charge in [-0.2, -0.15) is 4.31 Å². The van der Waals surface area contributed by atoms with Crippen LogP contribution in [0, 0.1) is 0 Å². The number of anilines is 2. The Morgan fingerprint density at radius 3 is 1.94 bits per heavy atom. The Kier molecular flexibility index (Phi) is 6.68. The van der Waals surface area contributed by atoms with Gasteiger partial charge in [-0.25, -0.2) is 8.42 Å². The van der Waals surface area contributed by atoms with Gasteiger partial charge in [-0.1, -0.05) is 0 Å². The van der Waals surface area contributed by atoms with E-state index in [0.717, 1.165) is 29.6 Å². The van der Waals surface area contributed by atoms with E-state index in [1.807, 2.05) is 17.0 Å². The van der Waals surface area contributed by atoms with Gasteiger partial charge in [0.2, 0.25) is 21.8 Å². The highest BCUT2D eigenvalue weighted by Crippen LogP contribution is 2.19. The van der Waals surface area contributed by atoms with Crippen molar-refractivity contribution >= 4 is 33.5 Å². The van der Waals surface area contributed by atoms with Crippen LogP contribution in [0.2, 0.25) is 0 Å². The minimum Gasteiger partial charge on any atom is -0.378 e. The zero-order valence-corrected chi connectivity index (χ0v) is 18.3. The standard InChI is InChI=1S/C19H28N6O5S/c26-18-2-1-3-19(27)25(18)12-15-31(28,29)24-8-6-22(7-9-24)16-4-5-17(21-20-16)23-10-13-30-14-11-23/h4-5H,1-3,6-15H2. The third-order valence-corrected chi connectivity index (χ3v) is 7.73. The molecule has 12 heteroatoms. The van der Waals surface area contributed by atoms with Gasteiger partial charge in [0.1, 0.15) is 0 Å². The summed E-state index contributed by atoms with van der Waals surface area (Å²) in [5, 5.41) is 8.64. The fourth-order valence-electron chi connectivity index (χ4n) is 4.03. The SMILES string of the molecule is O=C1CCCC(=O)N1CCS(=O)(=O)N1CCN(c2ccc(N3CCOCC3)nn2)CC1. The molecule has 0 saturated carbocycles. The van der Waals surface area contributed by atoms with Crippen LogP contribution in [0.25, 0.3) is 0 Å². The molecular formula is C19H28N6O5S. The monoisotopic (exact) mass is 452 g/mol. The van der Waals surface area contributed by atoms with Gasteiger partial charge in [0.15, 0.2) is 11.6 Å². The van der Waals surface area contributed by atoms with Gasteiger partial charge in [0.05, 0.1) is 19.0 Å². The van der Waals surface area contributed by atoms with Gasteiger partial charge < -0.3 is 14.5 Å². The number of rotatable bonds is 6.